The first-order chi connectivity index (χ1) is 12.5. The van der Waals surface area contributed by atoms with Gasteiger partial charge >= 0.3 is 5.97 Å². The molecular weight excluding hydrogens is 330 g/mol. The quantitative estimate of drug-likeness (QED) is 0.644. The van der Waals surface area contributed by atoms with Crippen LogP contribution in [0.25, 0.3) is 0 Å². The molecular formula is C19H15N5O2. The average Bonchev–Trinajstić information content (AvgIpc) is 2.62. The fourth-order valence-electron chi connectivity index (χ4n) is 2.40. The van der Waals surface area contributed by atoms with Gasteiger partial charge in [0.05, 0.1) is 16.8 Å². The Hall–Kier alpha value is -3.92. The third kappa shape index (κ3) is 3.94. The minimum Gasteiger partial charge on any atom is -0.478 e. The fourth-order valence-corrected chi connectivity index (χ4v) is 2.40. The van der Waals surface area contributed by atoms with Crippen LogP contribution in [0, 0.1) is 18.3 Å². The first-order valence-electron chi connectivity index (χ1n) is 7.77. The van der Waals surface area contributed by atoms with Gasteiger partial charge in [-0.05, 0) is 37.3 Å². The topological polar surface area (TPSA) is 111 Å². The molecule has 3 N–H and O–H groups in total. The van der Waals surface area contributed by atoms with E-state index < -0.39 is 5.97 Å². The summed E-state index contributed by atoms with van der Waals surface area (Å²) in [4.78, 5) is 19.7. The lowest BCUT2D eigenvalue weighted by Gasteiger charge is -2.11. The van der Waals surface area contributed by atoms with Crippen molar-refractivity contribution in [2.75, 3.05) is 10.6 Å². The molecule has 1 aromatic heterocycles. The van der Waals surface area contributed by atoms with E-state index in [1.807, 2.05) is 6.07 Å². The third-order valence-corrected chi connectivity index (χ3v) is 3.53. The first kappa shape index (κ1) is 16.9. The molecule has 1 heterocycles. The van der Waals surface area contributed by atoms with Gasteiger partial charge in [-0.25, -0.2) is 14.8 Å². The van der Waals surface area contributed by atoms with Crippen molar-refractivity contribution in [1.82, 2.24) is 9.97 Å². The van der Waals surface area contributed by atoms with E-state index in [1.54, 1.807) is 43.3 Å². The maximum absolute atomic E-state index is 11.1. The van der Waals surface area contributed by atoms with Crippen LogP contribution in [-0.4, -0.2) is 21.0 Å². The molecule has 7 nitrogen and oxygen atoms in total. The molecule has 0 amide bonds. The summed E-state index contributed by atoms with van der Waals surface area (Å²) < 4.78 is 0. The number of aromatic carboxylic acids is 1. The van der Waals surface area contributed by atoms with E-state index in [-0.39, 0.29) is 5.56 Å². The minimum absolute atomic E-state index is 0.182. The number of para-hydroxylation sites is 1. The van der Waals surface area contributed by atoms with Crippen LogP contribution in [-0.2, 0) is 0 Å². The summed E-state index contributed by atoms with van der Waals surface area (Å²) in [5.41, 5.74) is 1.94. The van der Waals surface area contributed by atoms with Gasteiger partial charge in [-0.2, -0.15) is 5.26 Å². The van der Waals surface area contributed by atoms with Gasteiger partial charge in [0.2, 0.25) is 0 Å². The number of hydrogen-bond acceptors (Lipinski definition) is 6. The number of aromatic nitrogens is 2. The Morgan fingerprint density at radius 2 is 1.77 bits per heavy atom. The Morgan fingerprint density at radius 1 is 1.04 bits per heavy atom. The number of anilines is 4. The van der Waals surface area contributed by atoms with Crippen LogP contribution < -0.4 is 10.6 Å². The van der Waals surface area contributed by atoms with Crippen molar-refractivity contribution in [1.29, 1.82) is 5.26 Å². The lowest BCUT2D eigenvalue weighted by molar-refractivity contribution is 0.0697. The van der Waals surface area contributed by atoms with Crippen molar-refractivity contribution in [3.8, 4) is 6.07 Å². The molecule has 0 aliphatic carbocycles. The molecule has 0 aliphatic rings. The Bertz CT molecular complexity index is 1010. The van der Waals surface area contributed by atoms with Crippen molar-refractivity contribution in [3.63, 3.8) is 0 Å². The largest absolute Gasteiger partial charge is 0.478 e. The van der Waals surface area contributed by atoms with Crippen LogP contribution in [0.15, 0.2) is 54.6 Å². The highest BCUT2D eigenvalue weighted by molar-refractivity contribution is 5.89. The molecule has 0 saturated heterocycles. The van der Waals surface area contributed by atoms with Crippen molar-refractivity contribution in [3.05, 3.63) is 71.5 Å². The first-order valence-corrected chi connectivity index (χ1v) is 7.77. The van der Waals surface area contributed by atoms with E-state index in [2.05, 4.69) is 26.7 Å². The van der Waals surface area contributed by atoms with Crippen LogP contribution in [0.4, 0.5) is 23.0 Å². The van der Waals surface area contributed by atoms with Gasteiger partial charge in [-0.15, -0.1) is 0 Å². The Labute approximate surface area is 150 Å². The number of benzene rings is 2. The maximum Gasteiger partial charge on any atom is 0.335 e. The van der Waals surface area contributed by atoms with Crippen molar-refractivity contribution >= 4 is 29.0 Å². The van der Waals surface area contributed by atoms with Crippen molar-refractivity contribution in [2.45, 2.75) is 6.92 Å². The zero-order valence-corrected chi connectivity index (χ0v) is 13.9. The summed E-state index contributed by atoms with van der Waals surface area (Å²) in [6.45, 7) is 1.75. The Kier molecular flexibility index (Phi) is 4.76. The zero-order valence-electron chi connectivity index (χ0n) is 13.9. The maximum atomic E-state index is 11.1. The van der Waals surface area contributed by atoms with E-state index in [0.717, 1.165) is 0 Å². The normalized spacial score (nSPS) is 10.0. The number of aryl methyl sites for hydroxylation is 1. The minimum atomic E-state index is -0.997. The summed E-state index contributed by atoms with van der Waals surface area (Å²) >= 11 is 0. The molecule has 0 spiro atoms. The summed E-state index contributed by atoms with van der Waals surface area (Å²) in [5, 5.41) is 24.5. The lowest BCUT2D eigenvalue weighted by atomic mass is 10.2. The lowest BCUT2D eigenvalue weighted by Crippen LogP contribution is -2.03. The number of nitriles is 1. The summed E-state index contributed by atoms with van der Waals surface area (Å²) in [6, 6.07) is 17.4. The molecule has 7 heteroatoms. The van der Waals surface area contributed by atoms with Crippen molar-refractivity contribution < 1.29 is 9.90 Å². The van der Waals surface area contributed by atoms with Gasteiger partial charge in [0.1, 0.15) is 23.5 Å². The van der Waals surface area contributed by atoms with Gasteiger partial charge in [0.15, 0.2) is 0 Å². The average molecular weight is 345 g/mol. The number of rotatable bonds is 5. The van der Waals surface area contributed by atoms with Crippen molar-refractivity contribution in [2.24, 2.45) is 0 Å². The molecule has 0 saturated carbocycles. The van der Waals surface area contributed by atoms with Crippen LogP contribution in [0.2, 0.25) is 0 Å². The highest BCUT2D eigenvalue weighted by Gasteiger charge is 2.07. The number of nitrogens with zero attached hydrogens (tertiary/aromatic N) is 3. The van der Waals surface area contributed by atoms with Crippen LogP contribution >= 0.6 is 0 Å². The molecule has 128 valence electrons. The predicted molar refractivity (Wildman–Crippen MR) is 97.9 cm³/mol. The van der Waals surface area contributed by atoms with Crippen LogP contribution in [0.3, 0.4) is 0 Å². The molecule has 3 rings (SSSR count). The van der Waals surface area contributed by atoms with Gasteiger partial charge in [0, 0.05) is 11.8 Å². The second-order valence-corrected chi connectivity index (χ2v) is 5.48. The molecule has 0 unspecified atom stereocenters. The molecule has 26 heavy (non-hydrogen) atoms. The number of carboxylic acid groups (broad SMARTS) is 1. The SMILES string of the molecule is Cc1nc(Nc2cccc(C(=O)O)c2)cc(Nc2ccccc2C#N)n1. The number of nitrogens with one attached hydrogen (secondary N) is 2. The van der Waals surface area contributed by atoms with E-state index in [4.69, 9.17) is 5.11 Å². The molecule has 3 aromatic rings. The number of carboxylic acids is 1. The molecule has 0 aliphatic heterocycles. The predicted octanol–water partition coefficient (Wildman–Crippen LogP) is 3.84. The standard InChI is InChI=1S/C19H15N5O2/c1-12-21-17(23-15-7-4-6-13(9-15)19(25)26)10-18(22-12)24-16-8-3-2-5-14(16)11-20/h2-10H,1H3,(H,25,26)(H2,21,22,23,24). The zero-order chi connectivity index (χ0) is 18.5. The van der Waals surface area contributed by atoms with Crippen LogP contribution in [0.5, 0.6) is 0 Å². The van der Waals surface area contributed by atoms with E-state index in [9.17, 15) is 10.1 Å². The summed E-state index contributed by atoms with van der Waals surface area (Å²) in [5.74, 6) is 0.568. The van der Waals surface area contributed by atoms with E-state index in [0.29, 0.717) is 34.4 Å². The second kappa shape index (κ2) is 7.32. The molecule has 0 atom stereocenters. The highest BCUT2D eigenvalue weighted by Crippen LogP contribution is 2.22. The fraction of sp³-hybridized carbons (Fsp3) is 0.0526. The summed E-state index contributed by atoms with van der Waals surface area (Å²) in [6.07, 6.45) is 0. The highest BCUT2D eigenvalue weighted by atomic mass is 16.4. The third-order valence-electron chi connectivity index (χ3n) is 3.53. The molecule has 0 fully saturated rings. The van der Waals surface area contributed by atoms with Gasteiger partial charge in [0.25, 0.3) is 0 Å². The molecule has 2 aromatic carbocycles. The van der Waals surface area contributed by atoms with E-state index in [1.165, 1.54) is 12.1 Å². The monoisotopic (exact) mass is 345 g/mol. The van der Waals surface area contributed by atoms with Gasteiger partial charge < -0.3 is 15.7 Å². The van der Waals surface area contributed by atoms with Gasteiger partial charge in [-0.3, -0.25) is 0 Å². The molecule has 0 radical (unpaired) electrons. The Balaban J connectivity index is 1.87. The Morgan fingerprint density at radius 3 is 2.50 bits per heavy atom. The molecule has 0 bridgehead atoms. The number of carbonyl (C=O) groups is 1. The van der Waals surface area contributed by atoms with Gasteiger partial charge in [-0.1, -0.05) is 18.2 Å². The second-order valence-electron chi connectivity index (χ2n) is 5.48. The smallest absolute Gasteiger partial charge is 0.335 e. The number of hydrogen-bond donors (Lipinski definition) is 3. The van der Waals surface area contributed by atoms with E-state index >= 15 is 0 Å². The van der Waals surface area contributed by atoms with Crippen LogP contribution in [0.1, 0.15) is 21.7 Å². The summed E-state index contributed by atoms with van der Waals surface area (Å²) in [7, 11) is 0.